The number of nitrogens with one attached hydrogen (secondary N) is 1. The number of para-hydroxylation sites is 1. The Morgan fingerprint density at radius 1 is 1.03 bits per heavy atom. The van der Waals surface area contributed by atoms with Crippen LogP contribution in [0.1, 0.15) is 10.4 Å². The summed E-state index contributed by atoms with van der Waals surface area (Å²) in [7, 11) is 0. The Bertz CT molecular complexity index is 1330. The van der Waals surface area contributed by atoms with Gasteiger partial charge in [0, 0.05) is 11.1 Å². The van der Waals surface area contributed by atoms with Crippen LogP contribution >= 0.6 is 34.9 Å². The maximum Gasteiger partial charge on any atom is 0.230 e. The second-order valence-corrected chi connectivity index (χ2v) is 8.86. The van der Waals surface area contributed by atoms with E-state index in [1.807, 2.05) is 60.7 Å². The predicted molar refractivity (Wildman–Crippen MR) is 123 cm³/mol. The van der Waals surface area contributed by atoms with Gasteiger partial charge in [-0.1, -0.05) is 65.1 Å². The van der Waals surface area contributed by atoms with Crippen molar-refractivity contribution in [3.05, 3.63) is 74.6 Å². The van der Waals surface area contributed by atoms with E-state index in [0.717, 1.165) is 27.1 Å². The molecule has 3 heterocycles. The molecule has 1 aliphatic heterocycles. The Labute approximate surface area is 178 Å². The molecule has 4 aromatic rings. The average Bonchev–Trinajstić information content (AvgIpc) is 3.43. The zero-order valence-electron chi connectivity index (χ0n) is 14.8. The Morgan fingerprint density at radius 3 is 2.66 bits per heavy atom. The summed E-state index contributed by atoms with van der Waals surface area (Å²) in [6.07, 6.45) is 3.52. The zero-order chi connectivity index (χ0) is 19.8. The molecule has 0 unspecified atom stereocenters. The van der Waals surface area contributed by atoms with Gasteiger partial charge >= 0.3 is 0 Å². The summed E-state index contributed by atoms with van der Waals surface area (Å²) in [5.74, 6) is 0.0273. The molecule has 0 atom stereocenters. The molecule has 0 bridgehead atoms. The summed E-state index contributed by atoms with van der Waals surface area (Å²) >= 11 is 8.24. The van der Waals surface area contributed by atoms with Gasteiger partial charge in [-0.25, -0.2) is 4.98 Å². The Morgan fingerprint density at radius 2 is 1.83 bits per heavy atom. The molecule has 0 fully saturated rings. The molecular formula is C20H13N5OS3. The van der Waals surface area contributed by atoms with Gasteiger partial charge in [-0.3, -0.25) is 5.43 Å². The van der Waals surface area contributed by atoms with Crippen molar-refractivity contribution >= 4 is 68.2 Å². The SMILES string of the molecule is Oc1c(C=C2C=NN=C2c2ccccc2)sc(=S)n1Nc1nc2ccccc2s1. The van der Waals surface area contributed by atoms with Crippen molar-refractivity contribution in [2.45, 2.75) is 0 Å². The van der Waals surface area contributed by atoms with Gasteiger partial charge < -0.3 is 5.11 Å². The summed E-state index contributed by atoms with van der Waals surface area (Å²) in [4.78, 5) is 5.15. The summed E-state index contributed by atoms with van der Waals surface area (Å²) < 4.78 is 3.02. The number of benzene rings is 2. The average molecular weight is 436 g/mol. The lowest BCUT2D eigenvalue weighted by Gasteiger charge is -2.05. The van der Waals surface area contributed by atoms with Gasteiger partial charge in [0.1, 0.15) is 5.71 Å². The first-order valence-corrected chi connectivity index (χ1v) is 10.7. The van der Waals surface area contributed by atoms with E-state index >= 15 is 0 Å². The van der Waals surface area contributed by atoms with E-state index in [1.54, 1.807) is 6.21 Å². The number of thiazole rings is 2. The van der Waals surface area contributed by atoms with Crippen LogP contribution in [0, 0.1) is 3.95 Å². The van der Waals surface area contributed by atoms with E-state index in [-0.39, 0.29) is 5.88 Å². The van der Waals surface area contributed by atoms with Crippen LogP contribution in [0.5, 0.6) is 5.88 Å². The lowest BCUT2D eigenvalue weighted by atomic mass is 10.0. The molecule has 0 aliphatic carbocycles. The fourth-order valence-electron chi connectivity index (χ4n) is 2.93. The molecule has 2 aromatic heterocycles. The monoisotopic (exact) mass is 435 g/mol. The van der Waals surface area contributed by atoms with Crippen LogP contribution in [0.15, 0.2) is 70.4 Å². The molecule has 142 valence electrons. The third-order valence-corrected chi connectivity index (χ3v) is 6.53. The molecular weight excluding hydrogens is 422 g/mol. The van der Waals surface area contributed by atoms with Gasteiger partial charge in [-0.2, -0.15) is 9.78 Å². The van der Waals surface area contributed by atoms with Crippen molar-refractivity contribution in [1.82, 2.24) is 9.66 Å². The minimum absolute atomic E-state index is 0.0273. The van der Waals surface area contributed by atoms with Crippen molar-refractivity contribution in [2.24, 2.45) is 10.2 Å². The molecule has 0 radical (unpaired) electrons. The molecule has 0 saturated heterocycles. The van der Waals surface area contributed by atoms with E-state index in [1.165, 1.54) is 27.3 Å². The van der Waals surface area contributed by atoms with Crippen LogP contribution in [0.4, 0.5) is 5.13 Å². The van der Waals surface area contributed by atoms with Crippen LogP contribution in [0.2, 0.25) is 0 Å². The van der Waals surface area contributed by atoms with Crippen molar-refractivity contribution in [3.8, 4) is 5.88 Å². The van der Waals surface area contributed by atoms with Gasteiger partial charge in [0.2, 0.25) is 11.0 Å². The molecule has 9 heteroatoms. The number of aromatic hydroxyl groups is 1. The summed E-state index contributed by atoms with van der Waals surface area (Å²) in [6, 6.07) is 17.7. The zero-order valence-corrected chi connectivity index (χ0v) is 17.3. The highest BCUT2D eigenvalue weighted by molar-refractivity contribution is 7.73. The fourth-order valence-corrected chi connectivity index (χ4v) is 4.96. The smallest absolute Gasteiger partial charge is 0.230 e. The van der Waals surface area contributed by atoms with Crippen LogP contribution in [0.25, 0.3) is 16.3 Å². The Balaban J connectivity index is 1.48. The first-order chi connectivity index (χ1) is 14.2. The first kappa shape index (κ1) is 17.9. The van der Waals surface area contributed by atoms with E-state index in [2.05, 4.69) is 20.6 Å². The van der Waals surface area contributed by atoms with E-state index in [4.69, 9.17) is 12.2 Å². The first-order valence-electron chi connectivity index (χ1n) is 8.65. The van der Waals surface area contributed by atoms with Crippen LogP contribution < -0.4 is 5.43 Å². The van der Waals surface area contributed by atoms with Crippen molar-refractivity contribution < 1.29 is 5.11 Å². The molecule has 29 heavy (non-hydrogen) atoms. The van der Waals surface area contributed by atoms with E-state index in [0.29, 0.717) is 14.0 Å². The lowest BCUT2D eigenvalue weighted by molar-refractivity contribution is 0.434. The van der Waals surface area contributed by atoms with Gasteiger partial charge in [0.25, 0.3) is 0 Å². The van der Waals surface area contributed by atoms with Gasteiger partial charge in [-0.15, -0.1) is 5.10 Å². The lowest BCUT2D eigenvalue weighted by Crippen LogP contribution is -2.07. The standard InChI is InChI=1S/C20H13N5OS3/c26-18-16(10-13-11-21-23-17(13)12-6-2-1-3-7-12)29-20(27)25(18)24-19-22-14-8-4-5-9-15(14)28-19/h1-11,26H,(H,22,24). The van der Waals surface area contributed by atoms with Gasteiger partial charge in [0.05, 0.1) is 21.3 Å². The number of aromatic nitrogens is 2. The highest BCUT2D eigenvalue weighted by Crippen LogP contribution is 2.31. The molecule has 2 N–H and O–H groups in total. The van der Waals surface area contributed by atoms with Crippen LogP contribution in [0.3, 0.4) is 0 Å². The maximum atomic E-state index is 10.8. The normalized spacial score (nSPS) is 14.6. The van der Waals surface area contributed by atoms with Gasteiger partial charge in [0.15, 0.2) is 3.95 Å². The Hall–Kier alpha value is -3.14. The highest BCUT2D eigenvalue weighted by atomic mass is 32.1. The van der Waals surface area contributed by atoms with Crippen molar-refractivity contribution in [1.29, 1.82) is 0 Å². The number of fused-ring (bicyclic) bond motifs is 1. The largest absolute Gasteiger partial charge is 0.492 e. The number of rotatable bonds is 4. The fraction of sp³-hybridized carbons (Fsp3) is 0. The molecule has 0 spiro atoms. The third kappa shape index (κ3) is 3.39. The topological polar surface area (TPSA) is 74.8 Å². The van der Waals surface area contributed by atoms with Crippen LogP contribution in [-0.2, 0) is 0 Å². The predicted octanol–water partition coefficient (Wildman–Crippen LogP) is 5.34. The highest BCUT2D eigenvalue weighted by Gasteiger charge is 2.17. The van der Waals surface area contributed by atoms with Crippen LogP contribution in [-0.4, -0.2) is 26.7 Å². The third-order valence-electron chi connectivity index (χ3n) is 4.28. The number of nitrogens with zero attached hydrogens (tertiary/aromatic N) is 4. The number of anilines is 1. The summed E-state index contributed by atoms with van der Waals surface area (Å²) in [6.45, 7) is 0. The minimum Gasteiger partial charge on any atom is -0.492 e. The number of allylic oxidation sites excluding steroid dienone is 1. The molecule has 5 rings (SSSR count). The molecule has 1 aliphatic rings. The van der Waals surface area contributed by atoms with Crippen molar-refractivity contribution in [3.63, 3.8) is 0 Å². The number of hydrogen-bond acceptors (Lipinski definition) is 8. The summed E-state index contributed by atoms with van der Waals surface area (Å²) in [5.41, 5.74) is 6.54. The van der Waals surface area contributed by atoms with E-state index < -0.39 is 0 Å². The quantitative estimate of drug-likeness (QED) is 0.424. The Kier molecular flexibility index (Phi) is 4.55. The number of hydrogen-bond donors (Lipinski definition) is 2. The van der Waals surface area contributed by atoms with Crippen molar-refractivity contribution in [2.75, 3.05) is 5.43 Å². The maximum absolute atomic E-state index is 10.8. The molecule has 0 saturated carbocycles. The molecule has 6 nitrogen and oxygen atoms in total. The molecule has 2 aromatic carbocycles. The second kappa shape index (κ2) is 7.36. The molecule has 0 amide bonds. The van der Waals surface area contributed by atoms with Gasteiger partial charge in [-0.05, 0) is 30.4 Å². The van der Waals surface area contributed by atoms with E-state index in [9.17, 15) is 5.11 Å². The summed E-state index contributed by atoms with van der Waals surface area (Å²) in [5, 5.41) is 19.7. The minimum atomic E-state index is 0.0273. The second-order valence-electron chi connectivity index (χ2n) is 6.15.